The third-order valence-corrected chi connectivity index (χ3v) is 4.83. The molecule has 1 aromatic rings. The number of likely N-dealkylation sites (tertiary alicyclic amines) is 1. The minimum absolute atomic E-state index is 0.0961. The highest BCUT2D eigenvalue weighted by molar-refractivity contribution is 5.82. The minimum atomic E-state index is -0.469. The van der Waals surface area contributed by atoms with Gasteiger partial charge in [0.05, 0.1) is 13.2 Å². The van der Waals surface area contributed by atoms with Crippen molar-refractivity contribution in [3.05, 3.63) is 41.3 Å². The van der Waals surface area contributed by atoms with Gasteiger partial charge in [-0.25, -0.2) is 14.4 Å². The third-order valence-electron chi connectivity index (χ3n) is 4.83. The minimum Gasteiger partial charge on any atom is -0.458 e. The maximum Gasteiger partial charge on any atom is 0.316 e. The van der Waals surface area contributed by atoms with E-state index in [0.717, 1.165) is 19.3 Å². The molecule has 1 amide bonds. The summed E-state index contributed by atoms with van der Waals surface area (Å²) in [5, 5.41) is 9.18. The van der Waals surface area contributed by atoms with Gasteiger partial charge in [-0.15, -0.1) is 0 Å². The van der Waals surface area contributed by atoms with Crippen LogP contribution in [-0.4, -0.2) is 47.8 Å². The molecular weight excluding hydrogens is 349 g/mol. The maximum atomic E-state index is 14.3. The summed E-state index contributed by atoms with van der Waals surface area (Å²) in [6, 6.07) is 4.93. The molecule has 2 fully saturated rings. The van der Waals surface area contributed by atoms with Gasteiger partial charge < -0.3 is 14.7 Å². The lowest BCUT2D eigenvalue weighted by Gasteiger charge is -2.16. The van der Waals surface area contributed by atoms with Crippen molar-refractivity contribution < 1.29 is 19.0 Å². The number of allylic oxidation sites excluding steroid dienone is 1. The second-order valence-electron chi connectivity index (χ2n) is 6.91. The Kier molecular flexibility index (Phi) is 6.01. The van der Waals surface area contributed by atoms with E-state index < -0.39 is 5.82 Å². The summed E-state index contributed by atoms with van der Waals surface area (Å²) in [4.78, 5) is 21.9. The number of aliphatic hydroxyl groups excluding tert-OH is 1. The molecule has 1 aliphatic carbocycles. The summed E-state index contributed by atoms with van der Waals surface area (Å²) in [6.45, 7) is 6.03. The molecule has 1 saturated carbocycles. The predicted octanol–water partition coefficient (Wildman–Crippen LogP) is 2.76. The highest BCUT2D eigenvalue weighted by atomic mass is 19.1. The Morgan fingerprint density at radius 3 is 2.89 bits per heavy atom. The zero-order valence-electron chi connectivity index (χ0n) is 15.4. The van der Waals surface area contributed by atoms with Crippen molar-refractivity contribution >= 4 is 24.2 Å². The van der Waals surface area contributed by atoms with Crippen LogP contribution in [0.4, 0.5) is 4.39 Å². The number of benzene rings is 1. The lowest BCUT2D eigenvalue weighted by Crippen LogP contribution is -2.31. The number of amides is 1. The zero-order chi connectivity index (χ0) is 19.4. The molecule has 6 nitrogen and oxygen atoms in total. The molecule has 0 aromatic heterocycles. The van der Waals surface area contributed by atoms with Crippen LogP contribution in [0.2, 0.25) is 0 Å². The van der Waals surface area contributed by atoms with E-state index in [0.29, 0.717) is 24.2 Å². The summed E-state index contributed by atoms with van der Waals surface area (Å²) >= 11 is 0. The Morgan fingerprint density at radius 1 is 1.44 bits per heavy atom. The van der Waals surface area contributed by atoms with Crippen molar-refractivity contribution in [1.29, 1.82) is 0 Å². The first kappa shape index (κ1) is 19.2. The fraction of sp³-hybridized carbons (Fsp3) is 0.450. The monoisotopic (exact) mass is 373 g/mol. The number of ether oxygens (including phenoxy) is 1. The van der Waals surface area contributed by atoms with E-state index in [1.165, 1.54) is 12.3 Å². The number of hydrogen-bond donors (Lipinski definition) is 1. The van der Waals surface area contributed by atoms with E-state index in [1.54, 1.807) is 19.1 Å². The zero-order valence-corrected chi connectivity index (χ0v) is 15.4. The molecule has 1 atom stereocenters. The van der Waals surface area contributed by atoms with Crippen molar-refractivity contribution in [3.8, 4) is 0 Å². The molecule has 1 N–H and O–H groups in total. The standard InChI is InChI=1S/C20H24FN3O3/c1-13(17-5-3-4-15(12-25)18(17)21)10-23-20(22-2)27-16-8-9-24(11-16)19(26)14-6-7-14/h3-5,10,14,16,25H,2,6-9,11-12H2,1H3/b13-10+,23-20?. The first-order valence-electron chi connectivity index (χ1n) is 9.08. The third kappa shape index (κ3) is 4.60. The van der Waals surface area contributed by atoms with Crippen LogP contribution in [0.1, 0.15) is 37.3 Å². The molecule has 1 heterocycles. The molecule has 27 heavy (non-hydrogen) atoms. The predicted molar refractivity (Wildman–Crippen MR) is 102 cm³/mol. The second kappa shape index (κ2) is 8.43. The van der Waals surface area contributed by atoms with Crippen LogP contribution < -0.4 is 0 Å². The van der Waals surface area contributed by atoms with Gasteiger partial charge in [-0.05, 0) is 32.1 Å². The smallest absolute Gasteiger partial charge is 0.316 e. The Bertz CT molecular complexity index is 787. The van der Waals surface area contributed by atoms with E-state index in [9.17, 15) is 14.3 Å². The van der Waals surface area contributed by atoms with Crippen molar-refractivity contribution in [1.82, 2.24) is 4.90 Å². The Hall–Kier alpha value is -2.54. The van der Waals surface area contributed by atoms with Gasteiger partial charge in [0.15, 0.2) is 0 Å². The molecule has 3 rings (SSSR count). The highest BCUT2D eigenvalue weighted by Crippen LogP contribution is 2.32. The molecular formula is C20H24FN3O3. The van der Waals surface area contributed by atoms with Gasteiger partial charge in [0, 0.05) is 36.2 Å². The molecule has 1 saturated heterocycles. The van der Waals surface area contributed by atoms with E-state index in [4.69, 9.17) is 4.74 Å². The number of halogens is 1. The molecule has 1 aromatic carbocycles. The molecule has 0 spiro atoms. The average molecular weight is 373 g/mol. The molecule has 0 bridgehead atoms. The van der Waals surface area contributed by atoms with Gasteiger partial charge >= 0.3 is 6.02 Å². The SMILES string of the molecule is C=NC(=N/C=C(\C)c1cccc(CO)c1F)OC1CCN(C(=O)C2CC2)C1. The van der Waals surface area contributed by atoms with Crippen LogP contribution in [0.25, 0.3) is 5.57 Å². The van der Waals surface area contributed by atoms with E-state index in [-0.39, 0.29) is 36.1 Å². The molecule has 1 unspecified atom stereocenters. The highest BCUT2D eigenvalue weighted by Gasteiger charge is 2.37. The van der Waals surface area contributed by atoms with Crippen molar-refractivity contribution in [3.63, 3.8) is 0 Å². The molecule has 1 aliphatic heterocycles. The Balaban J connectivity index is 1.65. The lowest BCUT2D eigenvalue weighted by atomic mass is 10.0. The Labute approximate surface area is 158 Å². The van der Waals surface area contributed by atoms with Gasteiger partial charge in [-0.1, -0.05) is 18.2 Å². The lowest BCUT2D eigenvalue weighted by molar-refractivity contribution is -0.131. The number of carbonyl (C=O) groups is 1. The number of carbonyl (C=O) groups excluding carboxylic acids is 1. The van der Waals surface area contributed by atoms with Crippen molar-refractivity contribution in [2.24, 2.45) is 15.9 Å². The van der Waals surface area contributed by atoms with Crippen LogP contribution in [0.3, 0.4) is 0 Å². The number of amidine groups is 1. The summed E-state index contributed by atoms with van der Waals surface area (Å²) in [7, 11) is 0. The summed E-state index contributed by atoms with van der Waals surface area (Å²) in [6.07, 6.45) is 3.99. The van der Waals surface area contributed by atoms with Crippen LogP contribution in [0, 0.1) is 11.7 Å². The van der Waals surface area contributed by atoms with Gasteiger partial charge in [0.2, 0.25) is 5.91 Å². The largest absolute Gasteiger partial charge is 0.458 e. The van der Waals surface area contributed by atoms with Crippen LogP contribution in [0.15, 0.2) is 34.4 Å². The number of hydrogen-bond acceptors (Lipinski definition) is 4. The number of rotatable bonds is 5. The second-order valence-corrected chi connectivity index (χ2v) is 6.91. The van der Waals surface area contributed by atoms with Crippen molar-refractivity contribution in [2.75, 3.05) is 13.1 Å². The average Bonchev–Trinajstić information content (AvgIpc) is 3.43. The molecule has 2 aliphatic rings. The van der Waals surface area contributed by atoms with Gasteiger partial charge in [0.1, 0.15) is 11.9 Å². The number of aliphatic hydroxyl groups is 1. The van der Waals surface area contributed by atoms with Crippen LogP contribution in [-0.2, 0) is 16.1 Å². The fourth-order valence-electron chi connectivity index (χ4n) is 3.10. The number of aliphatic imine (C=N–C) groups is 2. The van der Waals surface area contributed by atoms with Crippen molar-refractivity contribution in [2.45, 2.75) is 38.9 Å². The van der Waals surface area contributed by atoms with Gasteiger partial charge in [-0.2, -0.15) is 0 Å². The normalized spacial score (nSPS) is 20.7. The van der Waals surface area contributed by atoms with Crippen LogP contribution >= 0.6 is 0 Å². The first-order chi connectivity index (χ1) is 13.0. The molecule has 7 heteroatoms. The van der Waals surface area contributed by atoms with Gasteiger partial charge in [0.25, 0.3) is 0 Å². The van der Waals surface area contributed by atoms with Crippen LogP contribution in [0.5, 0.6) is 0 Å². The first-order valence-corrected chi connectivity index (χ1v) is 9.08. The van der Waals surface area contributed by atoms with E-state index in [2.05, 4.69) is 16.7 Å². The number of nitrogens with zero attached hydrogens (tertiary/aromatic N) is 3. The topological polar surface area (TPSA) is 74.5 Å². The van der Waals surface area contributed by atoms with E-state index in [1.807, 2.05) is 4.90 Å². The quantitative estimate of drug-likeness (QED) is 0.637. The maximum absolute atomic E-state index is 14.3. The van der Waals surface area contributed by atoms with Gasteiger partial charge in [-0.3, -0.25) is 4.79 Å². The van der Waals surface area contributed by atoms with E-state index >= 15 is 0 Å². The summed E-state index contributed by atoms with van der Waals surface area (Å²) in [5.74, 6) is -0.0614. The molecule has 0 radical (unpaired) electrons. The Morgan fingerprint density at radius 2 is 2.22 bits per heavy atom. The summed E-state index contributed by atoms with van der Waals surface area (Å²) in [5.41, 5.74) is 1.16. The summed E-state index contributed by atoms with van der Waals surface area (Å²) < 4.78 is 20.0. The fourth-order valence-corrected chi connectivity index (χ4v) is 3.10. The molecule has 144 valence electrons.